The predicted octanol–water partition coefficient (Wildman–Crippen LogP) is 20.4. The van der Waals surface area contributed by atoms with Crippen LogP contribution in [0.15, 0.2) is 12.2 Å². The molecule has 6 nitrogen and oxygen atoms in total. The van der Waals surface area contributed by atoms with Gasteiger partial charge in [-0.25, -0.2) is 0 Å². The van der Waals surface area contributed by atoms with Crippen molar-refractivity contribution in [2.24, 2.45) is 0 Å². The van der Waals surface area contributed by atoms with E-state index in [9.17, 15) is 19.8 Å². The quantitative estimate of drug-likeness (QED) is 0.0320. The molecule has 0 bridgehead atoms. The van der Waals surface area contributed by atoms with E-state index >= 15 is 0 Å². The largest absolute Gasteiger partial charge is 0.466 e. The molecule has 2 atom stereocenters. The van der Waals surface area contributed by atoms with E-state index in [4.69, 9.17) is 4.74 Å². The molecule has 0 aromatic rings. The SMILES string of the molecule is CCCCCCCCCCCCCCC/C=C/C(O)C(CO)NC(=O)CCCCCCCCCCCCCCCCCCCCCCCCCCOC(=O)CCCCCCCCCCCCCCCCC. The lowest BCUT2D eigenvalue weighted by molar-refractivity contribution is -0.143. The van der Waals surface area contributed by atoms with Crippen LogP contribution in [0, 0.1) is 0 Å². The van der Waals surface area contributed by atoms with Crippen LogP contribution in [0.1, 0.15) is 367 Å². The fraction of sp³-hybridized carbons (Fsp3) is 0.938. The molecule has 0 saturated carbocycles. The van der Waals surface area contributed by atoms with Gasteiger partial charge in [-0.15, -0.1) is 0 Å². The molecular weight excluding hydrogens is 875 g/mol. The summed E-state index contributed by atoms with van der Waals surface area (Å²) >= 11 is 0. The Morgan fingerprint density at radius 2 is 0.648 bits per heavy atom. The summed E-state index contributed by atoms with van der Waals surface area (Å²) in [6, 6.07) is -0.626. The second-order valence-electron chi connectivity index (χ2n) is 22.5. The van der Waals surface area contributed by atoms with Crippen molar-refractivity contribution >= 4 is 11.9 Å². The highest BCUT2D eigenvalue weighted by Crippen LogP contribution is 2.18. The molecule has 0 aliphatic carbocycles. The van der Waals surface area contributed by atoms with Crippen molar-refractivity contribution in [3.8, 4) is 0 Å². The van der Waals surface area contributed by atoms with Crippen molar-refractivity contribution in [2.75, 3.05) is 13.2 Å². The average Bonchev–Trinajstić information content (AvgIpc) is 3.37. The number of rotatable bonds is 61. The van der Waals surface area contributed by atoms with Crippen LogP contribution in [0.4, 0.5) is 0 Å². The number of hydrogen-bond donors (Lipinski definition) is 3. The van der Waals surface area contributed by atoms with Gasteiger partial charge in [0.25, 0.3) is 0 Å². The molecule has 0 spiro atoms. The molecule has 6 heteroatoms. The second kappa shape index (κ2) is 61.1. The molecule has 0 aromatic heterocycles. The van der Waals surface area contributed by atoms with E-state index in [1.165, 1.54) is 302 Å². The maximum absolute atomic E-state index is 12.5. The fourth-order valence-corrected chi connectivity index (χ4v) is 10.3. The van der Waals surface area contributed by atoms with E-state index in [2.05, 4.69) is 19.2 Å². The number of unbranched alkanes of at least 4 members (excludes halogenated alkanes) is 50. The van der Waals surface area contributed by atoms with E-state index in [-0.39, 0.29) is 18.5 Å². The summed E-state index contributed by atoms with van der Waals surface area (Å²) in [7, 11) is 0. The maximum atomic E-state index is 12.5. The van der Waals surface area contributed by atoms with Crippen LogP contribution >= 0.6 is 0 Å². The Morgan fingerprint density at radius 3 is 0.958 bits per heavy atom. The lowest BCUT2D eigenvalue weighted by Crippen LogP contribution is -2.45. The molecule has 0 radical (unpaired) electrons. The number of nitrogens with one attached hydrogen (secondary N) is 1. The molecule has 0 aromatic carbocycles. The predicted molar refractivity (Wildman–Crippen MR) is 310 cm³/mol. The minimum Gasteiger partial charge on any atom is -0.466 e. The lowest BCUT2D eigenvalue weighted by atomic mass is 10.0. The molecule has 1 amide bonds. The van der Waals surface area contributed by atoms with Crippen molar-refractivity contribution < 1.29 is 24.5 Å². The minimum atomic E-state index is -0.842. The molecule has 0 aliphatic rings. The second-order valence-corrected chi connectivity index (χ2v) is 22.5. The Kier molecular flexibility index (Phi) is 59.9. The van der Waals surface area contributed by atoms with E-state index in [1.54, 1.807) is 6.08 Å². The van der Waals surface area contributed by atoms with Gasteiger partial charge in [-0.2, -0.15) is 0 Å². The third-order valence-corrected chi connectivity index (χ3v) is 15.3. The topological polar surface area (TPSA) is 95.9 Å². The zero-order valence-corrected chi connectivity index (χ0v) is 48.2. The van der Waals surface area contributed by atoms with Crippen LogP contribution in [-0.2, 0) is 14.3 Å². The van der Waals surface area contributed by atoms with E-state index in [0.29, 0.717) is 19.4 Å². The Balaban J connectivity index is 3.36. The normalized spacial score (nSPS) is 12.6. The van der Waals surface area contributed by atoms with Gasteiger partial charge in [0.05, 0.1) is 25.4 Å². The molecule has 0 rings (SSSR count). The number of esters is 1. The van der Waals surface area contributed by atoms with Gasteiger partial charge in [0.1, 0.15) is 0 Å². The van der Waals surface area contributed by atoms with E-state index in [1.807, 2.05) is 6.08 Å². The van der Waals surface area contributed by atoms with Gasteiger partial charge in [-0.1, -0.05) is 334 Å². The van der Waals surface area contributed by atoms with Crippen LogP contribution in [0.2, 0.25) is 0 Å². The van der Waals surface area contributed by atoms with Crippen LogP contribution in [0.3, 0.4) is 0 Å². The summed E-state index contributed by atoms with van der Waals surface area (Å²) in [5.74, 6) is -0.0457. The first-order chi connectivity index (χ1) is 35.0. The first kappa shape index (κ1) is 69.6. The number of ether oxygens (including phenoxy) is 1. The minimum absolute atomic E-state index is 0.0186. The van der Waals surface area contributed by atoms with Crippen LogP contribution in [0.5, 0.6) is 0 Å². The highest BCUT2D eigenvalue weighted by molar-refractivity contribution is 5.76. The summed E-state index contributed by atoms with van der Waals surface area (Å²) < 4.78 is 5.49. The molecule has 0 saturated heterocycles. The van der Waals surface area contributed by atoms with Crippen LogP contribution in [0.25, 0.3) is 0 Å². The standard InChI is InChI=1S/C65H127NO5/c1-3-5-7-9-11-13-15-17-29-33-37-41-45-49-53-57-63(68)62(61-67)66-64(69)58-54-50-46-42-38-34-31-27-25-23-21-19-20-22-24-26-28-32-36-40-44-48-52-56-60-71-65(70)59-55-51-47-43-39-35-30-18-16-14-12-10-8-6-4-2/h53,57,62-63,67-68H,3-52,54-56,58-61H2,1-2H3,(H,66,69)/b57-53+. The molecule has 0 fully saturated rings. The molecular formula is C65H127NO5. The highest BCUT2D eigenvalue weighted by Gasteiger charge is 2.18. The number of amides is 1. The number of allylic oxidation sites excluding steroid dienone is 1. The van der Waals surface area contributed by atoms with Gasteiger partial charge in [0.15, 0.2) is 0 Å². The summed E-state index contributed by atoms with van der Waals surface area (Å²) in [5.41, 5.74) is 0. The Labute approximate surface area is 444 Å². The zero-order valence-electron chi connectivity index (χ0n) is 48.2. The molecule has 71 heavy (non-hydrogen) atoms. The van der Waals surface area contributed by atoms with Crippen molar-refractivity contribution in [1.82, 2.24) is 5.32 Å². The first-order valence-corrected chi connectivity index (χ1v) is 32.5. The first-order valence-electron chi connectivity index (χ1n) is 32.5. The van der Waals surface area contributed by atoms with Gasteiger partial charge in [-0.05, 0) is 32.1 Å². The summed E-state index contributed by atoms with van der Waals surface area (Å²) in [4.78, 5) is 24.5. The third-order valence-electron chi connectivity index (χ3n) is 15.3. The van der Waals surface area contributed by atoms with Gasteiger partial charge < -0.3 is 20.3 Å². The summed E-state index contributed by atoms with van der Waals surface area (Å²) in [5, 5.41) is 23.1. The highest BCUT2D eigenvalue weighted by atomic mass is 16.5. The van der Waals surface area contributed by atoms with E-state index in [0.717, 1.165) is 38.5 Å². The fourth-order valence-electron chi connectivity index (χ4n) is 10.3. The van der Waals surface area contributed by atoms with Crippen molar-refractivity contribution in [3.05, 3.63) is 12.2 Å². The van der Waals surface area contributed by atoms with Gasteiger partial charge >= 0.3 is 5.97 Å². The van der Waals surface area contributed by atoms with Crippen molar-refractivity contribution in [2.45, 2.75) is 379 Å². The molecule has 0 heterocycles. The van der Waals surface area contributed by atoms with E-state index < -0.39 is 12.1 Å². The van der Waals surface area contributed by atoms with Gasteiger partial charge in [0, 0.05) is 12.8 Å². The molecule has 3 N–H and O–H groups in total. The average molecular weight is 1000 g/mol. The smallest absolute Gasteiger partial charge is 0.305 e. The van der Waals surface area contributed by atoms with Gasteiger partial charge in [-0.3, -0.25) is 9.59 Å². The Morgan fingerprint density at radius 1 is 0.380 bits per heavy atom. The maximum Gasteiger partial charge on any atom is 0.305 e. The van der Waals surface area contributed by atoms with Crippen molar-refractivity contribution in [1.29, 1.82) is 0 Å². The third kappa shape index (κ3) is 57.7. The van der Waals surface area contributed by atoms with Gasteiger partial charge in [0.2, 0.25) is 5.91 Å². The van der Waals surface area contributed by atoms with Crippen LogP contribution in [-0.4, -0.2) is 47.4 Å². The Hall–Kier alpha value is -1.40. The molecule has 422 valence electrons. The van der Waals surface area contributed by atoms with Crippen molar-refractivity contribution in [3.63, 3.8) is 0 Å². The number of carbonyl (C=O) groups is 2. The number of hydrogen-bond acceptors (Lipinski definition) is 5. The zero-order chi connectivity index (χ0) is 51.4. The molecule has 2 unspecified atom stereocenters. The summed E-state index contributed by atoms with van der Waals surface area (Å²) in [6.45, 7) is 4.94. The summed E-state index contributed by atoms with van der Waals surface area (Å²) in [6.07, 6.45) is 74.1. The monoisotopic (exact) mass is 1000 g/mol. The number of carbonyl (C=O) groups excluding carboxylic acids is 2. The lowest BCUT2D eigenvalue weighted by Gasteiger charge is -2.20. The van der Waals surface area contributed by atoms with Crippen LogP contribution < -0.4 is 5.32 Å². The molecule has 0 aliphatic heterocycles. The number of aliphatic hydroxyl groups is 2. The Bertz CT molecular complexity index is 1060. The number of aliphatic hydroxyl groups excluding tert-OH is 2.